The van der Waals surface area contributed by atoms with Gasteiger partial charge in [-0.1, -0.05) is 15.9 Å². The van der Waals surface area contributed by atoms with Crippen molar-refractivity contribution in [3.05, 3.63) is 31.6 Å². The number of rotatable bonds is 2. The Bertz CT molecular complexity index is 345. The van der Waals surface area contributed by atoms with Crippen molar-refractivity contribution in [2.45, 2.75) is 6.92 Å². The lowest BCUT2D eigenvalue weighted by atomic mass is 10.2. The molecule has 0 aliphatic carbocycles. The second kappa shape index (κ2) is 5.06. The van der Waals surface area contributed by atoms with E-state index in [0.29, 0.717) is 8.04 Å². The third kappa shape index (κ3) is 2.66. The van der Waals surface area contributed by atoms with Crippen LogP contribution in [-0.4, -0.2) is 12.6 Å². The fourth-order valence-corrected chi connectivity index (χ4v) is 2.61. The molecule has 14 heavy (non-hydrogen) atoms. The molecular formula is C9H7BrFIO2. The van der Waals surface area contributed by atoms with Gasteiger partial charge in [0.1, 0.15) is 11.4 Å². The summed E-state index contributed by atoms with van der Waals surface area (Å²) >= 11 is 5.03. The molecule has 1 aromatic rings. The van der Waals surface area contributed by atoms with Crippen LogP contribution in [0.3, 0.4) is 0 Å². The van der Waals surface area contributed by atoms with E-state index < -0.39 is 11.8 Å². The maximum Gasteiger partial charge on any atom is 0.342 e. The predicted molar refractivity (Wildman–Crippen MR) is 62.8 cm³/mol. The molecule has 2 nitrogen and oxygen atoms in total. The molecule has 76 valence electrons. The molecule has 0 saturated carbocycles. The molecule has 0 aliphatic heterocycles. The van der Waals surface area contributed by atoms with Gasteiger partial charge in [-0.2, -0.15) is 0 Å². The minimum atomic E-state index is -0.623. The Kier molecular flexibility index (Phi) is 4.31. The van der Waals surface area contributed by atoms with Gasteiger partial charge >= 0.3 is 5.97 Å². The molecule has 1 rings (SSSR count). The maximum atomic E-state index is 13.3. The number of carbonyl (C=O) groups excluding carboxylic acids is 1. The summed E-state index contributed by atoms with van der Waals surface area (Å²) in [5.41, 5.74) is -0.00403. The first-order chi connectivity index (χ1) is 6.56. The van der Waals surface area contributed by atoms with Crippen molar-refractivity contribution >= 4 is 44.5 Å². The summed E-state index contributed by atoms with van der Waals surface area (Å²) in [4.78, 5) is 11.3. The average molecular weight is 373 g/mol. The van der Waals surface area contributed by atoms with E-state index in [1.54, 1.807) is 13.0 Å². The second-order valence-corrected chi connectivity index (χ2v) is 4.54. The zero-order valence-electron chi connectivity index (χ0n) is 7.31. The molecule has 0 amide bonds. The van der Waals surface area contributed by atoms with Gasteiger partial charge in [-0.3, -0.25) is 0 Å². The van der Waals surface area contributed by atoms with Crippen LogP contribution in [0, 0.1) is 9.39 Å². The summed E-state index contributed by atoms with van der Waals surface area (Å²) in [6.45, 7) is 1.92. The Morgan fingerprint density at radius 3 is 2.79 bits per heavy atom. The van der Waals surface area contributed by atoms with E-state index in [9.17, 15) is 9.18 Å². The minimum Gasteiger partial charge on any atom is -0.462 e. The van der Waals surface area contributed by atoms with Crippen LogP contribution in [0.25, 0.3) is 0 Å². The van der Waals surface area contributed by atoms with Crippen molar-refractivity contribution in [2.24, 2.45) is 0 Å². The smallest absolute Gasteiger partial charge is 0.342 e. The highest BCUT2D eigenvalue weighted by atomic mass is 127. The number of benzene rings is 1. The number of carbonyl (C=O) groups is 1. The third-order valence-electron chi connectivity index (χ3n) is 1.49. The lowest BCUT2D eigenvalue weighted by molar-refractivity contribution is 0.0519. The van der Waals surface area contributed by atoms with Crippen molar-refractivity contribution in [1.82, 2.24) is 0 Å². The van der Waals surface area contributed by atoms with Crippen LogP contribution < -0.4 is 0 Å². The van der Waals surface area contributed by atoms with E-state index in [2.05, 4.69) is 15.9 Å². The lowest BCUT2D eigenvalue weighted by Crippen LogP contribution is -2.09. The maximum absolute atomic E-state index is 13.3. The Balaban J connectivity index is 3.14. The molecule has 0 N–H and O–H groups in total. The zero-order valence-corrected chi connectivity index (χ0v) is 11.1. The summed E-state index contributed by atoms with van der Waals surface area (Å²) in [5.74, 6) is -1.19. The molecule has 0 atom stereocenters. The van der Waals surface area contributed by atoms with Crippen molar-refractivity contribution < 1.29 is 13.9 Å². The van der Waals surface area contributed by atoms with E-state index in [0.717, 1.165) is 0 Å². The quantitative estimate of drug-likeness (QED) is 0.587. The summed E-state index contributed by atoms with van der Waals surface area (Å²) in [5, 5.41) is 0. The van der Waals surface area contributed by atoms with E-state index >= 15 is 0 Å². The van der Waals surface area contributed by atoms with Gasteiger partial charge in [0.2, 0.25) is 0 Å². The zero-order chi connectivity index (χ0) is 10.7. The summed E-state index contributed by atoms with van der Waals surface area (Å²) in [6, 6.07) is 2.91. The Labute approximate surface area is 103 Å². The molecule has 0 aliphatic rings. The van der Waals surface area contributed by atoms with Crippen LogP contribution >= 0.6 is 38.5 Å². The van der Waals surface area contributed by atoms with Gasteiger partial charge in [-0.05, 0) is 41.6 Å². The molecule has 5 heteroatoms. The molecule has 0 radical (unpaired) electrons. The largest absolute Gasteiger partial charge is 0.462 e. The number of hydrogen-bond acceptors (Lipinski definition) is 2. The summed E-state index contributed by atoms with van der Waals surface area (Å²) < 4.78 is 19.2. The first kappa shape index (κ1) is 11.9. The van der Waals surface area contributed by atoms with E-state index in [1.165, 1.54) is 6.07 Å². The lowest BCUT2D eigenvalue weighted by Gasteiger charge is -2.05. The molecule has 0 unspecified atom stereocenters. The number of ether oxygens (including phenoxy) is 1. The van der Waals surface area contributed by atoms with Gasteiger partial charge in [0.15, 0.2) is 0 Å². The highest BCUT2D eigenvalue weighted by Crippen LogP contribution is 2.22. The van der Waals surface area contributed by atoms with Crippen LogP contribution in [-0.2, 0) is 4.74 Å². The Hall–Kier alpha value is -0.170. The average Bonchev–Trinajstić information content (AvgIpc) is 2.01. The van der Waals surface area contributed by atoms with Gasteiger partial charge in [-0.15, -0.1) is 0 Å². The normalized spacial score (nSPS) is 10.0. The van der Waals surface area contributed by atoms with Gasteiger partial charge in [0.05, 0.1) is 6.61 Å². The number of halogens is 3. The highest BCUT2D eigenvalue weighted by Gasteiger charge is 2.17. The van der Waals surface area contributed by atoms with Gasteiger partial charge in [0.25, 0.3) is 0 Å². The van der Waals surface area contributed by atoms with Gasteiger partial charge in [0, 0.05) is 8.04 Å². The Morgan fingerprint density at radius 2 is 2.29 bits per heavy atom. The molecule has 0 bridgehead atoms. The van der Waals surface area contributed by atoms with Crippen LogP contribution in [0.1, 0.15) is 17.3 Å². The summed E-state index contributed by atoms with van der Waals surface area (Å²) in [6.07, 6.45) is 0. The SMILES string of the molecule is CCOC(=O)c1c(F)cc(Br)cc1I. The van der Waals surface area contributed by atoms with E-state index in [1.807, 2.05) is 22.6 Å². The topological polar surface area (TPSA) is 26.3 Å². The van der Waals surface area contributed by atoms with Crippen molar-refractivity contribution in [3.8, 4) is 0 Å². The van der Waals surface area contributed by atoms with Crippen molar-refractivity contribution in [1.29, 1.82) is 0 Å². The standard InChI is InChI=1S/C9H7BrFIO2/c1-2-14-9(13)8-6(11)3-5(10)4-7(8)12/h3-4H,2H2,1H3. The second-order valence-electron chi connectivity index (χ2n) is 2.46. The van der Waals surface area contributed by atoms with Crippen molar-refractivity contribution in [3.63, 3.8) is 0 Å². The summed E-state index contributed by atoms with van der Waals surface area (Å²) in [7, 11) is 0. The van der Waals surface area contributed by atoms with Crippen LogP contribution in [0.4, 0.5) is 4.39 Å². The van der Waals surface area contributed by atoms with Crippen molar-refractivity contribution in [2.75, 3.05) is 6.61 Å². The van der Waals surface area contributed by atoms with Gasteiger partial charge < -0.3 is 4.74 Å². The third-order valence-corrected chi connectivity index (χ3v) is 2.80. The van der Waals surface area contributed by atoms with E-state index in [-0.39, 0.29) is 12.2 Å². The molecule has 0 fully saturated rings. The molecule has 0 saturated heterocycles. The van der Waals surface area contributed by atoms with Crippen LogP contribution in [0.2, 0.25) is 0 Å². The molecule has 0 spiro atoms. The Morgan fingerprint density at radius 1 is 1.64 bits per heavy atom. The van der Waals surface area contributed by atoms with Crippen LogP contribution in [0.15, 0.2) is 16.6 Å². The predicted octanol–water partition coefficient (Wildman–Crippen LogP) is 3.37. The molecule has 1 aromatic carbocycles. The van der Waals surface area contributed by atoms with Crippen LogP contribution in [0.5, 0.6) is 0 Å². The monoisotopic (exact) mass is 372 g/mol. The molecular weight excluding hydrogens is 366 g/mol. The first-order valence-electron chi connectivity index (χ1n) is 3.88. The first-order valence-corrected chi connectivity index (χ1v) is 5.75. The number of hydrogen-bond donors (Lipinski definition) is 0. The molecule has 0 aromatic heterocycles. The number of esters is 1. The fraction of sp³-hybridized carbons (Fsp3) is 0.222. The van der Waals surface area contributed by atoms with E-state index in [4.69, 9.17) is 4.74 Å². The highest BCUT2D eigenvalue weighted by molar-refractivity contribution is 14.1. The van der Waals surface area contributed by atoms with Gasteiger partial charge in [-0.25, -0.2) is 9.18 Å². The fourth-order valence-electron chi connectivity index (χ4n) is 0.940. The molecule has 0 heterocycles. The minimum absolute atomic E-state index is 0.00403.